The second kappa shape index (κ2) is 4.63. The van der Waals surface area contributed by atoms with Crippen molar-refractivity contribution in [2.75, 3.05) is 13.1 Å². The summed E-state index contributed by atoms with van der Waals surface area (Å²) in [5.41, 5.74) is -0.367. The molecule has 0 amide bonds. The van der Waals surface area contributed by atoms with Crippen molar-refractivity contribution in [1.29, 1.82) is 0 Å². The molecule has 0 spiro atoms. The van der Waals surface area contributed by atoms with E-state index in [1.54, 1.807) is 0 Å². The molecule has 1 saturated carbocycles. The summed E-state index contributed by atoms with van der Waals surface area (Å²) in [5, 5.41) is 12.9. The third-order valence-electron chi connectivity index (χ3n) is 2.50. The number of rotatable bonds is 6. The minimum absolute atomic E-state index is 0.367. The molecule has 1 fully saturated rings. The number of hydrogen-bond acceptors (Lipinski definition) is 2. The van der Waals surface area contributed by atoms with Crippen LogP contribution in [-0.4, -0.2) is 23.8 Å². The molecule has 0 aromatic rings. The molecule has 0 aromatic carbocycles. The second-order valence-corrected chi connectivity index (χ2v) is 3.69. The molecular weight excluding hydrogens is 150 g/mol. The van der Waals surface area contributed by atoms with Gasteiger partial charge in [-0.2, -0.15) is 0 Å². The minimum atomic E-state index is -0.367. The van der Waals surface area contributed by atoms with E-state index >= 15 is 0 Å². The molecule has 2 heteroatoms. The van der Waals surface area contributed by atoms with Gasteiger partial charge in [-0.25, -0.2) is 0 Å². The summed E-state index contributed by atoms with van der Waals surface area (Å²) in [6.45, 7) is 5.42. The first-order valence-electron chi connectivity index (χ1n) is 4.81. The van der Waals surface area contributed by atoms with Gasteiger partial charge in [0.1, 0.15) is 0 Å². The van der Waals surface area contributed by atoms with Crippen molar-refractivity contribution in [2.45, 2.75) is 37.7 Å². The van der Waals surface area contributed by atoms with Crippen LogP contribution in [0.2, 0.25) is 0 Å². The van der Waals surface area contributed by atoms with Crippen LogP contribution in [-0.2, 0) is 0 Å². The van der Waals surface area contributed by atoms with Crippen LogP contribution in [0.1, 0.15) is 32.1 Å². The average Bonchev–Trinajstić information content (AvgIpc) is 2.01. The summed E-state index contributed by atoms with van der Waals surface area (Å²) in [7, 11) is 0. The van der Waals surface area contributed by atoms with Gasteiger partial charge >= 0.3 is 0 Å². The highest BCUT2D eigenvalue weighted by molar-refractivity contribution is 4.89. The van der Waals surface area contributed by atoms with Crippen molar-refractivity contribution >= 4 is 0 Å². The fraction of sp³-hybridized carbons (Fsp3) is 0.800. The number of nitrogens with one attached hydrogen (secondary N) is 1. The molecule has 2 nitrogen and oxygen atoms in total. The van der Waals surface area contributed by atoms with Gasteiger partial charge in [0.25, 0.3) is 0 Å². The van der Waals surface area contributed by atoms with Gasteiger partial charge in [0, 0.05) is 6.54 Å². The Bertz CT molecular complexity index is 141. The number of aliphatic hydroxyl groups is 1. The summed E-state index contributed by atoms with van der Waals surface area (Å²) >= 11 is 0. The molecule has 0 saturated heterocycles. The zero-order chi connectivity index (χ0) is 8.86. The third-order valence-corrected chi connectivity index (χ3v) is 2.50. The van der Waals surface area contributed by atoms with Gasteiger partial charge in [0.2, 0.25) is 0 Å². The second-order valence-electron chi connectivity index (χ2n) is 3.69. The Morgan fingerprint density at radius 3 is 2.75 bits per heavy atom. The maximum Gasteiger partial charge on any atom is 0.0771 e. The molecule has 0 atom stereocenters. The minimum Gasteiger partial charge on any atom is -0.389 e. The molecule has 0 radical (unpaired) electrons. The lowest BCUT2D eigenvalue weighted by molar-refractivity contribution is -0.0310. The van der Waals surface area contributed by atoms with Gasteiger partial charge in [0.15, 0.2) is 0 Å². The third kappa shape index (κ3) is 2.95. The lowest BCUT2D eigenvalue weighted by Crippen LogP contribution is -2.46. The maximum atomic E-state index is 9.68. The average molecular weight is 169 g/mol. The topological polar surface area (TPSA) is 32.3 Å². The van der Waals surface area contributed by atoms with E-state index in [0.717, 1.165) is 38.8 Å². The van der Waals surface area contributed by atoms with E-state index in [9.17, 15) is 5.11 Å². The van der Waals surface area contributed by atoms with E-state index in [2.05, 4.69) is 11.9 Å². The number of unbranched alkanes of at least 4 members (excludes halogenated alkanes) is 1. The molecule has 0 bridgehead atoms. The molecule has 1 aliphatic rings. The van der Waals surface area contributed by atoms with Crippen LogP contribution in [0.5, 0.6) is 0 Å². The first kappa shape index (κ1) is 9.75. The molecule has 0 aliphatic heterocycles. The smallest absolute Gasteiger partial charge is 0.0771 e. The van der Waals surface area contributed by atoms with Crippen molar-refractivity contribution in [3.05, 3.63) is 12.7 Å². The van der Waals surface area contributed by atoms with Crippen molar-refractivity contribution in [3.63, 3.8) is 0 Å². The van der Waals surface area contributed by atoms with Crippen LogP contribution in [0.3, 0.4) is 0 Å². The van der Waals surface area contributed by atoms with E-state index < -0.39 is 0 Å². The van der Waals surface area contributed by atoms with Crippen LogP contribution >= 0.6 is 0 Å². The van der Waals surface area contributed by atoms with E-state index in [1.165, 1.54) is 6.42 Å². The summed E-state index contributed by atoms with van der Waals surface area (Å²) in [6, 6.07) is 0. The van der Waals surface area contributed by atoms with Crippen LogP contribution in [0.15, 0.2) is 12.7 Å². The molecule has 1 aliphatic carbocycles. The summed E-state index contributed by atoms with van der Waals surface area (Å²) in [6.07, 6.45) is 7.25. The Morgan fingerprint density at radius 2 is 2.25 bits per heavy atom. The molecule has 0 unspecified atom stereocenters. The number of allylic oxidation sites excluding steroid dienone is 1. The van der Waals surface area contributed by atoms with E-state index in [4.69, 9.17) is 0 Å². The molecular formula is C10H19NO. The Balaban J connectivity index is 1.91. The lowest BCUT2D eigenvalue weighted by atomic mass is 9.80. The van der Waals surface area contributed by atoms with Gasteiger partial charge in [-0.15, -0.1) is 6.58 Å². The van der Waals surface area contributed by atoms with Crippen LogP contribution in [0.4, 0.5) is 0 Å². The van der Waals surface area contributed by atoms with Crippen molar-refractivity contribution in [3.8, 4) is 0 Å². The van der Waals surface area contributed by atoms with Crippen molar-refractivity contribution in [1.82, 2.24) is 5.32 Å². The maximum absolute atomic E-state index is 9.68. The predicted molar refractivity (Wildman–Crippen MR) is 51.1 cm³/mol. The Kier molecular flexibility index (Phi) is 3.76. The van der Waals surface area contributed by atoms with Gasteiger partial charge in [-0.3, -0.25) is 0 Å². The first-order chi connectivity index (χ1) is 5.77. The molecule has 2 N–H and O–H groups in total. The van der Waals surface area contributed by atoms with Gasteiger partial charge < -0.3 is 10.4 Å². The fourth-order valence-electron chi connectivity index (χ4n) is 1.45. The standard InChI is InChI=1S/C10H19NO/c1-2-3-4-8-11-9-10(12)6-5-7-10/h2,11-12H,1,3-9H2. The van der Waals surface area contributed by atoms with Gasteiger partial charge in [-0.1, -0.05) is 6.08 Å². The highest BCUT2D eigenvalue weighted by Gasteiger charge is 2.33. The molecule has 0 heterocycles. The molecule has 0 aromatic heterocycles. The van der Waals surface area contributed by atoms with E-state index in [0.29, 0.717) is 0 Å². The largest absolute Gasteiger partial charge is 0.389 e. The zero-order valence-electron chi connectivity index (χ0n) is 7.68. The van der Waals surface area contributed by atoms with Crippen molar-refractivity contribution in [2.24, 2.45) is 0 Å². The van der Waals surface area contributed by atoms with Gasteiger partial charge in [-0.05, 0) is 38.6 Å². The van der Waals surface area contributed by atoms with E-state index in [-0.39, 0.29) is 5.60 Å². The SMILES string of the molecule is C=CCCCNCC1(O)CCC1. The van der Waals surface area contributed by atoms with Crippen LogP contribution in [0, 0.1) is 0 Å². The Labute approximate surface area is 74.7 Å². The quantitative estimate of drug-likeness (QED) is 0.466. The Hall–Kier alpha value is -0.340. The number of hydrogen-bond donors (Lipinski definition) is 2. The summed E-state index contributed by atoms with van der Waals surface area (Å²) in [5.74, 6) is 0. The highest BCUT2D eigenvalue weighted by Crippen LogP contribution is 2.30. The van der Waals surface area contributed by atoms with Crippen LogP contribution < -0.4 is 5.32 Å². The molecule has 70 valence electrons. The first-order valence-corrected chi connectivity index (χ1v) is 4.81. The Morgan fingerprint density at radius 1 is 1.50 bits per heavy atom. The zero-order valence-corrected chi connectivity index (χ0v) is 7.68. The van der Waals surface area contributed by atoms with Crippen molar-refractivity contribution < 1.29 is 5.11 Å². The summed E-state index contributed by atoms with van der Waals surface area (Å²) < 4.78 is 0. The van der Waals surface area contributed by atoms with Gasteiger partial charge in [0.05, 0.1) is 5.60 Å². The normalized spacial score (nSPS) is 20.1. The van der Waals surface area contributed by atoms with Crippen LogP contribution in [0.25, 0.3) is 0 Å². The van der Waals surface area contributed by atoms with E-state index in [1.807, 2.05) is 6.08 Å². The summed E-state index contributed by atoms with van der Waals surface area (Å²) in [4.78, 5) is 0. The fourth-order valence-corrected chi connectivity index (χ4v) is 1.45. The molecule has 1 rings (SSSR count). The lowest BCUT2D eigenvalue weighted by Gasteiger charge is -2.36. The predicted octanol–water partition coefficient (Wildman–Crippen LogP) is 1.46. The molecule has 12 heavy (non-hydrogen) atoms. The highest BCUT2D eigenvalue weighted by atomic mass is 16.3. The monoisotopic (exact) mass is 169 g/mol.